The van der Waals surface area contributed by atoms with Crippen molar-refractivity contribution in [3.05, 3.63) is 124 Å². The number of rotatable bonds is 2. The van der Waals surface area contributed by atoms with Crippen LogP contribution in [0.2, 0.25) is 0 Å². The number of nitrogens with two attached hydrogens (primary N) is 1. The maximum absolute atomic E-state index is 13.1. The van der Waals surface area contributed by atoms with Crippen molar-refractivity contribution in [2.24, 2.45) is 0 Å². The molecule has 4 heterocycles. The molecular weight excluding hydrogens is 717 g/mol. The molecule has 0 fully saturated rings. The largest absolute Gasteiger partial charge is 0.456 e. The minimum atomic E-state index is -4.65. The Morgan fingerprint density at radius 3 is 2.04 bits per heavy atom. The Morgan fingerprint density at radius 1 is 0.717 bits per heavy atom. The van der Waals surface area contributed by atoms with Crippen molar-refractivity contribution in [1.82, 2.24) is 0 Å². The fraction of sp³-hybridized carbons (Fsp3) is 0.182. The maximum atomic E-state index is 13.1. The van der Waals surface area contributed by atoms with Crippen molar-refractivity contribution in [2.45, 2.75) is 50.5 Å². The monoisotopic (exact) mass is 752 g/mol. The van der Waals surface area contributed by atoms with Crippen LogP contribution in [-0.2, 0) is 21.1 Å². The Bertz CT molecular complexity index is 3060. The Kier molecular flexibility index (Phi) is 6.54. The zero-order valence-corrected chi connectivity index (χ0v) is 32.5. The van der Waals surface area contributed by atoms with Gasteiger partial charge in [-0.05, 0) is 90.9 Å². The van der Waals surface area contributed by atoms with E-state index in [4.69, 9.17) is 10.5 Å². The van der Waals surface area contributed by atoms with Crippen molar-refractivity contribution >= 4 is 75.5 Å². The van der Waals surface area contributed by atoms with E-state index in [1.165, 1.54) is 58.8 Å². The molecule has 0 spiro atoms. The zero-order valence-electron chi connectivity index (χ0n) is 30.1. The fourth-order valence-electron chi connectivity index (χ4n) is 8.88. The van der Waals surface area contributed by atoms with Crippen LogP contribution in [0.3, 0.4) is 0 Å². The quantitative estimate of drug-likeness (QED) is 0.135. The van der Waals surface area contributed by atoms with E-state index in [1.807, 2.05) is 0 Å². The maximum Gasteiger partial charge on any atom is 0.295 e. The number of fused-ring (bicyclic) bond motifs is 12. The Morgan fingerprint density at radius 2 is 1.36 bits per heavy atom. The molecule has 0 bridgehead atoms. The normalized spacial score (nSPS) is 16.4. The van der Waals surface area contributed by atoms with Gasteiger partial charge in [0.2, 0.25) is 0 Å². The molecule has 2 aromatic heterocycles. The van der Waals surface area contributed by atoms with E-state index in [1.54, 1.807) is 28.7 Å². The van der Waals surface area contributed by atoms with Gasteiger partial charge in [0.05, 0.1) is 5.54 Å². The lowest BCUT2D eigenvalue weighted by atomic mass is 9.71. The molecule has 0 radical (unpaired) electrons. The third-order valence-electron chi connectivity index (χ3n) is 12.0. The van der Waals surface area contributed by atoms with E-state index in [2.05, 4.69) is 119 Å². The first-order valence-corrected chi connectivity index (χ1v) is 20.7. The smallest absolute Gasteiger partial charge is 0.295 e. The highest BCUT2D eigenvalue weighted by atomic mass is 32.2. The first-order valence-electron chi connectivity index (χ1n) is 17.6. The number of hydrogen-bond donors (Lipinski definition) is 2. The van der Waals surface area contributed by atoms with Crippen LogP contribution in [0.25, 0.3) is 52.2 Å². The minimum Gasteiger partial charge on any atom is -0.456 e. The zero-order chi connectivity index (χ0) is 36.9. The molecule has 9 heteroatoms. The number of nitrogen functional groups attached to an aromatic ring is 1. The third kappa shape index (κ3) is 4.36. The molecule has 0 saturated heterocycles. The third-order valence-corrected chi connectivity index (χ3v) is 15.3. The number of thiophene rings is 2. The van der Waals surface area contributed by atoms with Crippen LogP contribution >= 0.6 is 22.7 Å². The van der Waals surface area contributed by atoms with E-state index in [0.717, 1.165) is 32.8 Å². The van der Waals surface area contributed by atoms with Gasteiger partial charge in [0.25, 0.3) is 10.1 Å². The summed E-state index contributed by atoms with van der Waals surface area (Å²) in [6.07, 6.45) is 0. The van der Waals surface area contributed by atoms with Crippen LogP contribution < -0.4 is 25.8 Å². The second-order valence-electron chi connectivity index (χ2n) is 15.4. The van der Waals surface area contributed by atoms with E-state index < -0.39 is 10.1 Å². The topological polar surface area (TPSA) is 92.9 Å². The first kappa shape index (κ1) is 32.7. The molecule has 2 aliphatic heterocycles. The molecule has 6 nitrogen and oxygen atoms in total. The summed E-state index contributed by atoms with van der Waals surface area (Å²) in [6, 6.07) is 30.1. The lowest BCUT2D eigenvalue weighted by molar-refractivity contribution is 0.468. The molecule has 10 rings (SSSR count). The predicted octanol–water partition coefficient (Wildman–Crippen LogP) is 9.78. The number of anilines is 2. The van der Waals surface area contributed by atoms with Gasteiger partial charge in [0.15, 0.2) is 0 Å². The van der Waals surface area contributed by atoms with Gasteiger partial charge in [-0.3, -0.25) is 4.55 Å². The number of nitrogens with zero attached hydrogens (tertiary/aromatic N) is 1. The van der Waals surface area contributed by atoms with E-state index in [-0.39, 0.29) is 15.8 Å². The molecule has 0 atom stereocenters. The number of benzene rings is 5. The SMILES string of the molecule is CC1=c2cc3c(cc2-c2sc4ccccc4c2C1(C)C)=C(c1cc(N)ccc1S(=O)(=O)O)c1cc2c(cc1O3)N(C)C(C)(C)c1c-2sc2ccccc12. The molecule has 0 unspecified atom stereocenters. The summed E-state index contributed by atoms with van der Waals surface area (Å²) < 4.78 is 46.3. The second-order valence-corrected chi connectivity index (χ2v) is 18.9. The molecular formula is C44H36N2O4S3. The Balaban J connectivity index is 1.37. The fourth-order valence-corrected chi connectivity index (χ4v) is 12.3. The summed E-state index contributed by atoms with van der Waals surface area (Å²) in [4.78, 5) is 4.47. The van der Waals surface area contributed by atoms with Crippen molar-refractivity contribution in [3.63, 3.8) is 0 Å². The van der Waals surface area contributed by atoms with Gasteiger partial charge in [-0.25, -0.2) is 0 Å². The standard InChI is InChI=1S/C44H36N2O4S3/c1-22-26-20-33-29(18-27(26)41-39(43(22,2)3)24-11-7-9-13-35(24)51-41)38(31-17-23(45)15-16-37(31)53(47,48)49)30-19-28-32(21-34(30)50-33)46(6)44(4,5)40-25-12-8-10-14-36(25)52-42(28)40/h7-21H,45H2,1-6H3,(H,47,48,49). The molecule has 7 aromatic rings. The molecule has 264 valence electrons. The van der Waals surface area contributed by atoms with Crippen molar-refractivity contribution < 1.29 is 17.7 Å². The average molecular weight is 753 g/mol. The predicted molar refractivity (Wildman–Crippen MR) is 220 cm³/mol. The van der Waals surface area contributed by atoms with Gasteiger partial charge in [-0.15, -0.1) is 22.7 Å². The molecule has 5 aromatic carbocycles. The second kappa shape index (κ2) is 10.6. The highest BCUT2D eigenvalue weighted by Crippen LogP contribution is 2.56. The minimum absolute atomic E-state index is 0.205. The van der Waals surface area contributed by atoms with Crippen molar-refractivity contribution in [3.8, 4) is 32.4 Å². The van der Waals surface area contributed by atoms with Crippen molar-refractivity contribution in [1.29, 1.82) is 0 Å². The molecule has 53 heavy (non-hydrogen) atoms. The summed E-state index contributed by atoms with van der Waals surface area (Å²) >= 11 is 3.55. The summed E-state index contributed by atoms with van der Waals surface area (Å²) in [6.45, 7) is 11.3. The lowest BCUT2D eigenvalue weighted by Gasteiger charge is -2.43. The highest BCUT2D eigenvalue weighted by Gasteiger charge is 2.41. The van der Waals surface area contributed by atoms with Gasteiger partial charge in [0, 0.05) is 87.7 Å². The van der Waals surface area contributed by atoms with Crippen molar-refractivity contribution in [2.75, 3.05) is 17.7 Å². The summed E-state index contributed by atoms with van der Waals surface area (Å²) in [5.41, 5.74) is 14.9. The van der Waals surface area contributed by atoms with E-state index >= 15 is 0 Å². The van der Waals surface area contributed by atoms with E-state index in [0.29, 0.717) is 28.3 Å². The van der Waals surface area contributed by atoms with Crippen LogP contribution in [0.15, 0.2) is 95.9 Å². The molecule has 3 aliphatic rings. The molecule has 0 saturated carbocycles. The number of ether oxygens (including phenoxy) is 1. The first-order chi connectivity index (χ1) is 25.2. The van der Waals surface area contributed by atoms with Gasteiger partial charge in [0.1, 0.15) is 16.4 Å². The lowest BCUT2D eigenvalue weighted by Crippen LogP contribution is -2.41. The van der Waals surface area contributed by atoms with Gasteiger partial charge < -0.3 is 15.4 Å². The summed E-state index contributed by atoms with van der Waals surface area (Å²) in [5.74, 6) is 1.23. The number of hydrogen-bond acceptors (Lipinski definition) is 7. The molecule has 1 aliphatic carbocycles. The molecule has 3 N–H and O–H groups in total. The van der Waals surface area contributed by atoms with Crippen LogP contribution in [-0.4, -0.2) is 20.0 Å². The summed E-state index contributed by atoms with van der Waals surface area (Å²) in [5, 5.41) is 4.31. The summed E-state index contributed by atoms with van der Waals surface area (Å²) in [7, 11) is -2.52. The van der Waals surface area contributed by atoms with Gasteiger partial charge >= 0.3 is 0 Å². The Labute approximate surface area is 315 Å². The average Bonchev–Trinajstić information content (AvgIpc) is 3.71. The van der Waals surface area contributed by atoms with Crippen LogP contribution in [0, 0.1) is 0 Å². The van der Waals surface area contributed by atoms with E-state index in [9.17, 15) is 13.0 Å². The molecule has 0 amide bonds. The van der Waals surface area contributed by atoms with Gasteiger partial charge in [-0.2, -0.15) is 8.42 Å². The van der Waals surface area contributed by atoms with Crippen LogP contribution in [0.4, 0.5) is 11.4 Å². The van der Waals surface area contributed by atoms with Crippen LogP contribution in [0.5, 0.6) is 11.5 Å². The van der Waals surface area contributed by atoms with Crippen LogP contribution in [0.1, 0.15) is 56.9 Å². The highest BCUT2D eigenvalue weighted by molar-refractivity contribution is 7.86. The van der Waals surface area contributed by atoms with Gasteiger partial charge in [-0.1, -0.05) is 55.8 Å². The Hall–Kier alpha value is -4.93.